The van der Waals surface area contributed by atoms with Gasteiger partial charge in [-0.15, -0.1) is 0 Å². The van der Waals surface area contributed by atoms with Crippen molar-refractivity contribution in [1.82, 2.24) is 9.80 Å². The quantitative estimate of drug-likeness (QED) is 0.784. The van der Waals surface area contributed by atoms with Crippen LogP contribution in [0.4, 0.5) is 14.9 Å². The van der Waals surface area contributed by atoms with Crippen LogP contribution in [0.2, 0.25) is 0 Å². The van der Waals surface area contributed by atoms with E-state index in [1.165, 1.54) is 6.07 Å². The first kappa shape index (κ1) is 17.7. The Hall–Kier alpha value is -2.11. The number of likely N-dealkylation sites (tertiary alicyclic amines) is 1. The van der Waals surface area contributed by atoms with Gasteiger partial charge < -0.3 is 14.7 Å². The molecule has 1 aromatic rings. The molecule has 6 heteroatoms. The van der Waals surface area contributed by atoms with E-state index in [1.54, 1.807) is 30.0 Å². The lowest BCUT2D eigenvalue weighted by Gasteiger charge is -2.37. The highest BCUT2D eigenvalue weighted by Crippen LogP contribution is 2.34. The van der Waals surface area contributed by atoms with Crippen LogP contribution in [-0.2, 0) is 11.2 Å². The number of carbonyl (C=O) groups is 2. The minimum atomic E-state index is -0.235. The van der Waals surface area contributed by atoms with E-state index in [0.717, 1.165) is 29.7 Å². The monoisotopic (exact) mass is 347 g/mol. The Morgan fingerprint density at radius 2 is 1.84 bits per heavy atom. The second-order valence-electron chi connectivity index (χ2n) is 7.26. The number of hydrogen-bond acceptors (Lipinski definition) is 2. The van der Waals surface area contributed by atoms with Crippen LogP contribution in [0, 0.1) is 18.7 Å². The van der Waals surface area contributed by atoms with Crippen molar-refractivity contribution in [2.75, 3.05) is 38.6 Å². The Bertz CT molecular complexity index is 681. The Labute approximate surface area is 148 Å². The Kier molecular flexibility index (Phi) is 4.97. The zero-order valence-electron chi connectivity index (χ0n) is 15.2. The fourth-order valence-electron chi connectivity index (χ4n) is 3.96. The van der Waals surface area contributed by atoms with Gasteiger partial charge in [0.2, 0.25) is 5.91 Å². The number of anilines is 1. The number of rotatable bonds is 1. The summed E-state index contributed by atoms with van der Waals surface area (Å²) in [6.07, 6.45) is 3.04. The Morgan fingerprint density at radius 1 is 1.16 bits per heavy atom. The summed E-state index contributed by atoms with van der Waals surface area (Å²) in [6.45, 7) is 3.77. The number of carbonyl (C=O) groups excluding carboxylic acids is 2. The summed E-state index contributed by atoms with van der Waals surface area (Å²) >= 11 is 0. The van der Waals surface area contributed by atoms with Gasteiger partial charge >= 0.3 is 6.03 Å². The molecule has 0 bridgehead atoms. The smallest absolute Gasteiger partial charge is 0.319 e. The van der Waals surface area contributed by atoms with E-state index in [0.29, 0.717) is 32.5 Å². The molecular formula is C19H26FN3O2. The van der Waals surface area contributed by atoms with Crippen LogP contribution in [-0.4, -0.2) is 55.5 Å². The Morgan fingerprint density at radius 3 is 2.48 bits per heavy atom. The van der Waals surface area contributed by atoms with E-state index >= 15 is 0 Å². The molecule has 0 atom stereocenters. The van der Waals surface area contributed by atoms with E-state index in [1.807, 2.05) is 11.8 Å². The second-order valence-corrected chi connectivity index (χ2v) is 7.26. The molecule has 2 heterocycles. The molecule has 2 aliphatic rings. The molecule has 1 saturated heterocycles. The molecule has 25 heavy (non-hydrogen) atoms. The van der Waals surface area contributed by atoms with E-state index in [9.17, 15) is 14.0 Å². The third kappa shape index (κ3) is 3.48. The molecule has 0 unspecified atom stereocenters. The van der Waals surface area contributed by atoms with Gasteiger partial charge in [0.05, 0.1) is 0 Å². The summed E-state index contributed by atoms with van der Waals surface area (Å²) in [5.74, 6) is -0.185. The van der Waals surface area contributed by atoms with Crippen molar-refractivity contribution in [1.29, 1.82) is 0 Å². The molecule has 1 fully saturated rings. The number of hydrogen-bond donors (Lipinski definition) is 0. The lowest BCUT2D eigenvalue weighted by Crippen LogP contribution is -2.48. The third-order valence-corrected chi connectivity index (χ3v) is 5.21. The molecule has 3 rings (SSSR count). The van der Waals surface area contributed by atoms with Crippen LogP contribution in [0.1, 0.15) is 30.4 Å². The number of urea groups is 1. The van der Waals surface area contributed by atoms with Crippen LogP contribution in [0.25, 0.3) is 0 Å². The zero-order valence-corrected chi connectivity index (χ0v) is 15.2. The fourth-order valence-corrected chi connectivity index (χ4v) is 3.96. The van der Waals surface area contributed by atoms with Crippen LogP contribution >= 0.6 is 0 Å². The van der Waals surface area contributed by atoms with Crippen molar-refractivity contribution in [3.05, 3.63) is 29.1 Å². The van der Waals surface area contributed by atoms with E-state index in [4.69, 9.17) is 0 Å². The molecule has 0 saturated carbocycles. The minimum absolute atomic E-state index is 0.000497. The number of fused-ring (bicyclic) bond motifs is 1. The van der Waals surface area contributed by atoms with E-state index in [2.05, 4.69) is 0 Å². The normalized spacial score (nSPS) is 18.1. The molecule has 0 radical (unpaired) electrons. The molecule has 2 aliphatic heterocycles. The summed E-state index contributed by atoms with van der Waals surface area (Å²) in [7, 11) is 3.48. The van der Waals surface area contributed by atoms with Crippen molar-refractivity contribution >= 4 is 17.6 Å². The van der Waals surface area contributed by atoms with Gasteiger partial charge in [-0.25, -0.2) is 9.18 Å². The molecule has 0 N–H and O–H groups in total. The van der Waals surface area contributed by atoms with Gasteiger partial charge in [-0.3, -0.25) is 4.79 Å². The standard InChI is InChI=1S/C19H26FN3O2/c1-13-11-16(20)12-15-5-4-8-23(17(13)15)18(24)14-6-9-22(10-7-14)19(25)21(2)3/h11-12,14H,4-10H2,1-3H3. The number of amides is 3. The van der Waals surface area contributed by atoms with Gasteiger partial charge in [-0.1, -0.05) is 0 Å². The maximum absolute atomic E-state index is 13.7. The molecular weight excluding hydrogens is 321 g/mol. The zero-order chi connectivity index (χ0) is 18.1. The first-order valence-electron chi connectivity index (χ1n) is 8.95. The van der Waals surface area contributed by atoms with Crippen LogP contribution in [0.5, 0.6) is 0 Å². The largest absolute Gasteiger partial charge is 0.331 e. The van der Waals surface area contributed by atoms with Crippen LogP contribution < -0.4 is 4.90 Å². The van der Waals surface area contributed by atoms with Gasteiger partial charge in [0.1, 0.15) is 5.82 Å². The number of halogens is 1. The summed E-state index contributed by atoms with van der Waals surface area (Å²) < 4.78 is 13.7. The second kappa shape index (κ2) is 7.02. The third-order valence-electron chi connectivity index (χ3n) is 5.21. The highest BCUT2D eigenvalue weighted by atomic mass is 19.1. The van der Waals surface area contributed by atoms with Crippen LogP contribution in [0.15, 0.2) is 12.1 Å². The molecule has 0 aliphatic carbocycles. The number of piperidine rings is 1. The predicted molar refractivity (Wildman–Crippen MR) is 95.2 cm³/mol. The van der Waals surface area contributed by atoms with Crippen LogP contribution in [0.3, 0.4) is 0 Å². The summed E-state index contributed by atoms with van der Waals surface area (Å²) in [5.41, 5.74) is 2.64. The lowest BCUT2D eigenvalue weighted by molar-refractivity contribution is -0.123. The van der Waals surface area contributed by atoms with Gasteiger partial charge in [-0.2, -0.15) is 0 Å². The molecule has 136 valence electrons. The van der Waals surface area contributed by atoms with Gasteiger partial charge in [0.15, 0.2) is 0 Å². The van der Waals surface area contributed by atoms with E-state index < -0.39 is 0 Å². The van der Waals surface area contributed by atoms with Crippen molar-refractivity contribution < 1.29 is 14.0 Å². The number of benzene rings is 1. The SMILES string of the molecule is Cc1cc(F)cc2c1N(C(=O)C1CCN(C(=O)N(C)C)CC1)CCC2. The Balaban J connectivity index is 1.73. The minimum Gasteiger partial charge on any atom is -0.331 e. The maximum atomic E-state index is 13.7. The average Bonchev–Trinajstić information content (AvgIpc) is 2.59. The molecule has 0 aromatic heterocycles. The van der Waals surface area contributed by atoms with Gasteiger partial charge in [0, 0.05) is 45.3 Å². The van der Waals surface area contributed by atoms with Crippen molar-refractivity contribution in [2.24, 2.45) is 5.92 Å². The molecule has 5 nitrogen and oxygen atoms in total. The van der Waals surface area contributed by atoms with Crippen molar-refractivity contribution in [2.45, 2.75) is 32.6 Å². The maximum Gasteiger partial charge on any atom is 0.319 e. The number of nitrogens with zero attached hydrogens (tertiary/aromatic N) is 3. The number of aryl methyl sites for hydroxylation is 2. The summed E-state index contributed by atoms with van der Waals surface area (Å²) in [6, 6.07) is 3.06. The topological polar surface area (TPSA) is 43.9 Å². The first-order chi connectivity index (χ1) is 11.9. The first-order valence-corrected chi connectivity index (χ1v) is 8.95. The van der Waals surface area contributed by atoms with Gasteiger partial charge in [-0.05, 0) is 55.9 Å². The lowest BCUT2D eigenvalue weighted by atomic mass is 9.92. The highest BCUT2D eigenvalue weighted by molar-refractivity contribution is 5.97. The molecule has 1 aromatic carbocycles. The fraction of sp³-hybridized carbons (Fsp3) is 0.579. The average molecular weight is 347 g/mol. The van der Waals surface area contributed by atoms with E-state index in [-0.39, 0.29) is 23.7 Å². The summed E-state index contributed by atoms with van der Waals surface area (Å²) in [5, 5.41) is 0. The van der Waals surface area contributed by atoms with Gasteiger partial charge in [0.25, 0.3) is 0 Å². The summed E-state index contributed by atoms with van der Waals surface area (Å²) in [4.78, 5) is 30.3. The van der Waals surface area contributed by atoms with Crippen molar-refractivity contribution in [3.63, 3.8) is 0 Å². The highest BCUT2D eigenvalue weighted by Gasteiger charge is 2.33. The predicted octanol–water partition coefficient (Wildman–Crippen LogP) is 2.81. The molecule has 3 amide bonds. The van der Waals surface area contributed by atoms with Crippen molar-refractivity contribution in [3.8, 4) is 0 Å². The molecule has 0 spiro atoms.